The van der Waals surface area contributed by atoms with Crippen molar-refractivity contribution in [3.8, 4) is 5.75 Å². The molecule has 414 valence electrons. The molecule has 0 saturated carbocycles. The van der Waals surface area contributed by atoms with Gasteiger partial charge in [0.1, 0.15) is 53.2 Å². The number of methoxy groups -OCH3 is 1. The molecule has 0 bridgehead atoms. The lowest BCUT2D eigenvalue weighted by Crippen LogP contribution is -2.61. The molecular formula is C55H76N8O12S. The van der Waals surface area contributed by atoms with Gasteiger partial charge in [-0.3, -0.25) is 24.0 Å². The number of hydrogen-bond donors (Lipinski definition) is 9. The van der Waals surface area contributed by atoms with Gasteiger partial charge in [-0.05, 0) is 108 Å². The van der Waals surface area contributed by atoms with Crippen LogP contribution in [-0.2, 0) is 62.2 Å². The minimum atomic E-state index is -1.39. The fraction of sp³-hybridized carbons (Fsp3) is 0.491. The van der Waals surface area contributed by atoms with Crippen LogP contribution in [0.25, 0.3) is 10.9 Å². The molecule has 3 aromatic carbocycles. The van der Waals surface area contributed by atoms with Crippen LogP contribution in [0.15, 0.2) is 85.1 Å². The van der Waals surface area contributed by atoms with Crippen molar-refractivity contribution >= 4 is 70.4 Å². The molecule has 0 aliphatic rings. The lowest BCUT2D eigenvalue weighted by molar-refractivity contribution is -0.146. The van der Waals surface area contributed by atoms with E-state index in [-0.39, 0.29) is 43.7 Å². The van der Waals surface area contributed by atoms with Gasteiger partial charge in [0.05, 0.1) is 7.11 Å². The van der Waals surface area contributed by atoms with E-state index in [1.54, 1.807) is 104 Å². The first-order valence-corrected chi connectivity index (χ1v) is 26.7. The van der Waals surface area contributed by atoms with Gasteiger partial charge in [-0.2, -0.15) is 11.8 Å². The van der Waals surface area contributed by atoms with Gasteiger partial charge >= 0.3 is 18.2 Å². The van der Waals surface area contributed by atoms with Gasteiger partial charge in [-0.15, -0.1) is 0 Å². The Morgan fingerprint density at radius 1 is 0.592 bits per heavy atom. The Morgan fingerprint density at radius 3 is 1.67 bits per heavy atom. The Labute approximate surface area is 449 Å². The highest BCUT2D eigenvalue weighted by Crippen LogP contribution is 2.21. The van der Waals surface area contributed by atoms with Crippen LogP contribution in [0.3, 0.4) is 0 Å². The van der Waals surface area contributed by atoms with Crippen LogP contribution >= 0.6 is 11.8 Å². The number of H-pyrrole nitrogens is 1. The van der Waals surface area contributed by atoms with Crippen molar-refractivity contribution < 1.29 is 57.7 Å². The quantitative estimate of drug-likeness (QED) is 0.0225. The van der Waals surface area contributed by atoms with Gasteiger partial charge in [0.2, 0.25) is 29.5 Å². The molecule has 76 heavy (non-hydrogen) atoms. The van der Waals surface area contributed by atoms with E-state index in [2.05, 4.69) is 42.2 Å². The molecule has 1 aromatic heterocycles. The second-order valence-electron chi connectivity index (χ2n) is 20.7. The zero-order chi connectivity index (χ0) is 56.2. The molecule has 7 amide bonds. The summed E-state index contributed by atoms with van der Waals surface area (Å²) in [6.45, 7) is 13.9. The summed E-state index contributed by atoms with van der Waals surface area (Å²) >= 11 is 1.25. The number of amides is 7. The van der Waals surface area contributed by atoms with Crippen LogP contribution in [0.1, 0.15) is 91.3 Å². The smallest absolute Gasteiger partial charge is 0.408 e. The van der Waals surface area contributed by atoms with Crippen molar-refractivity contribution in [1.29, 1.82) is 0 Å². The predicted molar refractivity (Wildman–Crippen MR) is 290 cm³/mol. The Kier molecular flexibility index (Phi) is 23.5. The number of unbranched alkanes of at least 4 members (excludes halogenated alkanes) is 1. The fourth-order valence-corrected chi connectivity index (χ4v) is 8.45. The number of aromatic hydroxyl groups is 1. The molecule has 4 aromatic rings. The lowest BCUT2D eigenvalue weighted by Gasteiger charge is -2.28. The third-order valence-corrected chi connectivity index (χ3v) is 12.3. The lowest BCUT2D eigenvalue weighted by atomic mass is 10.00. The van der Waals surface area contributed by atoms with Crippen LogP contribution in [0.5, 0.6) is 5.75 Å². The first-order valence-electron chi connectivity index (χ1n) is 25.3. The summed E-state index contributed by atoms with van der Waals surface area (Å²) < 4.78 is 15.7. The maximum atomic E-state index is 14.8. The molecule has 4 rings (SSSR count). The highest BCUT2D eigenvalue weighted by Gasteiger charge is 2.35. The van der Waals surface area contributed by atoms with Gasteiger partial charge in [-0.25, -0.2) is 14.4 Å². The van der Waals surface area contributed by atoms with Crippen molar-refractivity contribution in [3.05, 3.63) is 102 Å². The first-order chi connectivity index (χ1) is 35.9. The van der Waals surface area contributed by atoms with Crippen molar-refractivity contribution in [1.82, 2.24) is 42.2 Å². The third-order valence-electron chi connectivity index (χ3n) is 11.6. The van der Waals surface area contributed by atoms with Crippen LogP contribution in [-0.4, -0.2) is 131 Å². The molecule has 6 atom stereocenters. The number of thioether (sulfide) groups is 1. The monoisotopic (exact) mass is 1070 g/mol. The number of benzene rings is 3. The van der Waals surface area contributed by atoms with Crippen LogP contribution < -0.4 is 37.2 Å². The third kappa shape index (κ3) is 20.8. The number of alkyl carbamates (subject to hydrolysis) is 2. The normalized spacial score (nSPS) is 13.9. The fourth-order valence-electron chi connectivity index (χ4n) is 7.88. The number of hydrogen-bond acceptors (Lipinski definition) is 13. The standard InChI is InChI=1S/C55H76N8O12S/c1-33(2)45(51(70)73-9)63-46(65)40(22-16-17-27-56-52(71)74-54(3,4)5)58-49(68)43(30-36-31-57-39-21-15-14-20-38(36)39)60-47(66)41(29-35-23-25-37(64)26-24-35)59-50(69)44(32-76-10)61-48(67)42(28-34-18-12-11-13-19-34)62-53(72)75-55(6,7)8/h11-15,18-21,23-26,31,33,40-45,57,64H,16-17,22,27-30,32H2,1-10H3,(H,56,71)(H,58,68)(H,59,69)(H,60,66)(H,61,67)(H,62,72)(H,63,65)/t40-,41-,42+,43+,44-,45+/m0/s1. The van der Waals surface area contributed by atoms with E-state index in [0.717, 1.165) is 16.5 Å². The van der Waals surface area contributed by atoms with Crippen molar-refractivity contribution in [3.63, 3.8) is 0 Å². The minimum absolute atomic E-state index is 0.0405. The summed E-state index contributed by atoms with van der Waals surface area (Å²) in [4.78, 5) is 114. The van der Waals surface area contributed by atoms with E-state index in [1.165, 1.54) is 31.0 Å². The molecule has 20 nitrogen and oxygen atoms in total. The number of carbonyl (C=O) groups excluding carboxylic acids is 8. The summed E-state index contributed by atoms with van der Waals surface area (Å²) in [6.07, 6.45) is 2.55. The van der Waals surface area contributed by atoms with Crippen LogP contribution in [0, 0.1) is 5.92 Å². The maximum absolute atomic E-state index is 14.8. The number of carbonyl (C=O) groups is 8. The number of phenolic OH excluding ortho intramolecular Hbond substituents is 1. The number of ether oxygens (including phenoxy) is 3. The summed E-state index contributed by atoms with van der Waals surface area (Å²) in [6, 6.07) is 14.8. The van der Waals surface area contributed by atoms with Crippen molar-refractivity contribution in [2.24, 2.45) is 5.92 Å². The number of phenols is 1. The van der Waals surface area contributed by atoms with Gasteiger partial charge < -0.3 is 61.5 Å². The summed E-state index contributed by atoms with van der Waals surface area (Å²) in [5, 5.41) is 30.1. The molecule has 0 aliphatic heterocycles. The largest absolute Gasteiger partial charge is 0.508 e. The average molecular weight is 1070 g/mol. The minimum Gasteiger partial charge on any atom is -0.508 e. The van der Waals surface area contributed by atoms with E-state index in [0.29, 0.717) is 24.0 Å². The van der Waals surface area contributed by atoms with Gasteiger partial charge in [0, 0.05) is 48.7 Å². The number of para-hydroxylation sites is 1. The van der Waals surface area contributed by atoms with E-state index in [1.807, 2.05) is 30.3 Å². The Morgan fingerprint density at radius 2 is 1.09 bits per heavy atom. The Hall–Kier alpha value is -7.29. The molecule has 0 radical (unpaired) electrons. The molecule has 1 heterocycles. The Bertz CT molecular complexity index is 2580. The number of nitrogens with one attached hydrogen (secondary N) is 8. The van der Waals surface area contributed by atoms with Crippen molar-refractivity contribution in [2.75, 3.05) is 25.7 Å². The van der Waals surface area contributed by atoms with Gasteiger partial charge in [0.25, 0.3) is 0 Å². The van der Waals surface area contributed by atoms with E-state index in [4.69, 9.17) is 14.2 Å². The molecule has 0 fully saturated rings. The highest BCUT2D eigenvalue weighted by atomic mass is 32.2. The zero-order valence-corrected chi connectivity index (χ0v) is 45.9. The predicted octanol–water partition coefficient (Wildman–Crippen LogP) is 5.11. The summed E-state index contributed by atoms with van der Waals surface area (Å²) in [5.74, 6) is -4.78. The maximum Gasteiger partial charge on any atom is 0.408 e. The molecule has 21 heteroatoms. The van der Waals surface area contributed by atoms with Crippen LogP contribution in [0.4, 0.5) is 9.59 Å². The molecule has 0 unspecified atom stereocenters. The topological polar surface area (TPSA) is 284 Å². The van der Waals surface area contributed by atoms with E-state index < -0.39 is 101 Å². The molecule has 0 aliphatic carbocycles. The molecule has 0 spiro atoms. The zero-order valence-electron chi connectivity index (χ0n) is 45.1. The average Bonchev–Trinajstić information content (AvgIpc) is 3.76. The summed E-state index contributed by atoms with van der Waals surface area (Å²) in [7, 11) is 1.20. The second kappa shape index (κ2) is 29.1. The molecule has 0 saturated heterocycles. The number of aromatic amines is 1. The first kappa shape index (κ1) is 61.3. The Balaban J connectivity index is 1.68. The second-order valence-corrected chi connectivity index (χ2v) is 21.6. The molecule has 9 N–H and O–H groups in total. The highest BCUT2D eigenvalue weighted by molar-refractivity contribution is 7.98. The van der Waals surface area contributed by atoms with Gasteiger partial charge in [0.15, 0.2) is 0 Å². The van der Waals surface area contributed by atoms with Crippen molar-refractivity contribution in [2.45, 2.75) is 141 Å². The number of rotatable bonds is 26. The van der Waals surface area contributed by atoms with Crippen LogP contribution in [0.2, 0.25) is 0 Å². The number of aromatic nitrogens is 1. The van der Waals surface area contributed by atoms with Gasteiger partial charge in [-0.1, -0.05) is 74.5 Å². The number of fused-ring (bicyclic) bond motifs is 1. The molecular weight excluding hydrogens is 997 g/mol. The summed E-state index contributed by atoms with van der Waals surface area (Å²) in [5.41, 5.74) is 1.06. The van der Waals surface area contributed by atoms with E-state index in [9.17, 15) is 43.5 Å². The van der Waals surface area contributed by atoms with E-state index >= 15 is 0 Å². The number of esters is 1. The SMILES string of the molecule is COC(=O)[C@H](NC(=O)[C@H](CCCCNC(=O)OC(C)(C)C)NC(=O)[C@@H](Cc1c[nH]c2ccccc12)NC(=O)[C@H](Cc1ccc(O)cc1)NC(=O)[C@H](CSC)NC(=O)[C@@H](Cc1ccccc1)NC(=O)OC(C)(C)C)C(C)C.